The summed E-state index contributed by atoms with van der Waals surface area (Å²) in [5.41, 5.74) is -0.162. The van der Waals surface area contributed by atoms with Crippen molar-refractivity contribution in [3.63, 3.8) is 0 Å². The number of hydrogen-bond donors (Lipinski definition) is 0. The van der Waals surface area contributed by atoms with E-state index in [0.29, 0.717) is 6.61 Å². The van der Waals surface area contributed by atoms with Crippen molar-refractivity contribution in [2.75, 3.05) is 6.61 Å². The predicted octanol–water partition coefficient (Wildman–Crippen LogP) is 9.11. The maximum absolute atomic E-state index is 13.4. The van der Waals surface area contributed by atoms with Gasteiger partial charge in [-0.25, -0.2) is 0 Å². The summed E-state index contributed by atoms with van der Waals surface area (Å²) in [4.78, 5) is 13.4. The molecule has 0 aromatic heterocycles. The Morgan fingerprint density at radius 3 is 1.94 bits per heavy atom. The summed E-state index contributed by atoms with van der Waals surface area (Å²) in [6.07, 6.45) is 24.6. The Bertz CT molecular complexity index is 517. The Hall–Kier alpha value is -0.530. The fraction of sp³-hybridized carbons (Fsp3) is 0.967. The number of ether oxygens (including phenoxy) is 1. The van der Waals surface area contributed by atoms with Crippen LogP contribution in [0.5, 0.6) is 0 Å². The van der Waals surface area contributed by atoms with Gasteiger partial charge in [-0.2, -0.15) is 0 Å². The van der Waals surface area contributed by atoms with Crippen LogP contribution in [0.1, 0.15) is 143 Å². The first-order valence-electron chi connectivity index (χ1n) is 14.7. The van der Waals surface area contributed by atoms with E-state index in [-0.39, 0.29) is 11.4 Å². The molecule has 3 rings (SSSR count). The van der Waals surface area contributed by atoms with Crippen LogP contribution in [0.2, 0.25) is 0 Å². The summed E-state index contributed by atoms with van der Waals surface area (Å²) in [7, 11) is 0. The van der Waals surface area contributed by atoms with Crippen molar-refractivity contribution in [3.8, 4) is 0 Å². The van der Waals surface area contributed by atoms with Gasteiger partial charge in [-0.1, -0.05) is 85.0 Å². The van der Waals surface area contributed by atoms with E-state index in [2.05, 4.69) is 20.8 Å². The van der Waals surface area contributed by atoms with Gasteiger partial charge < -0.3 is 4.74 Å². The first kappa shape index (κ1) is 26.1. The molecular weight excluding hydrogens is 392 g/mol. The molecule has 0 N–H and O–H groups in total. The summed E-state index contributed by atoms with van der Waals surface area (Å²) >= 11 is 0. The van der Waals surface area contributed by atoms with Gasteiger partial charge in [0.2, 0.25) is 0 Å². The standard InChI is InChI=1S/C30H54O2/c1-4-6-7-23-32-29(31)30(20-17-26-13-11-25(8-5-2)12-14-26)21-18-28(19-22-30)27-15-9-24(3)10-16-27/h24-28H,4-23H2,1-3H3. The lowest BCUT2D eigenvalue weighted by Gasteiger charge is -2.43. The molecule has 2 nitrogen and oxygen atoms in total. The third kappa shape index (κ3) is 7.49. The summed E-state index contributed by atoms with van der Waals surface area (Å²) in [6.45, 7) is 7.60. The predicted molar refractivity (Wildman–Crippen MR) is 136 cm³/mol. The van der Waals surface area contributed by atoms with E-state index in [4.69, 9.17) is 4.74 Å². The SMILES string of the molecule is CCCCCOC(=O)C1(CCC2CCC(CCC)CC2)CCC(C2CCC(C)CC2)CC1. The second-order valence-electron chi connectivity index (χ2n) is 12.2. The molecule has 0 aromatic carbocycles. The molecule has 3 aliphatic carbocycles. The van der Waals surface area contributed by atoms with Gasteiger partial charge in [0, 0.05) is 0 Å². The van der Waals surface area contributed by atoms with Crippen LogP contribution >= 0.6 is 0 Å². The van der Waals surface area contributed by atoms with Crippen LogP contribution in [0, 0.1) is 35.0 Å². The molecule has 0 saturated heterocycles. The van der Waals surface area contributed by atoms with Gasteiger partial charge in [-0.05, 0) is 87.4 Å². The van der Waals surface area contributed by atoms with Gasteiger partial charge >= 0.3 is 5.97 Å². The van der Waals surface area contributed by atoms with Gasteiger partial charge in [-0.3, -0.25) is 4.79 Å². The quantitative estimate of drug-likeness (QED) is 0.233. The Balaban J connectivity index is 1.53. The van der Waals surface area contributed by atoms with Gasteiger partial charge in [0.1, 0.15) is 0 Å². The van der Waals surface area contributed by atoms with Gasteiger partial charge in [0.25, 0.3) is 0 Å². The first-order chi connectivity index (χ1) is 15.6. The van der Waals surface area contributed by atoms with Crippen LogP contribution in [0.3, 0.4) is 0 Å². The van der Waals surface area contributed by atoms with E-state index in [1.165, 1.54) is 96.3 Å². The number of rotatable bonds is 11. The highest BCUT2D eigenvalue weighted by Crippen LogP contribution is 2.49. The van der Waals surface area contributed by atoms with Crippen LogP contribution in [-0.4, -0.2) is 12.6 Å². The Morgan fingerprint density at radius 1 is 0.750 bits per heavy atom. The smallest absolute Gasteiger partial charge is 0.312 e. The van der Waals surface area contributed by atoms with Crippen molar-refractivity contribution < 1.29 is 9.53 Å². The van der Waals surface area contributed by atoms with Gasteiger partial charge in [-0.15, -0.1) is 0 Å². The molecule has 0 amide bonds. The zero-order valence-electron chi connectivity index (χ0n) is 21.8. The Morgan fingerprint density at radius 2 is 1.34 bits per heavy atom. The summed E-state index contributed by atoms with van der Waals surface area (Å²) in [6, 6.07) is 0. The van der Waals surface area contributed by atoms with Crippen molar-refractivity contribution in [3.05, 3.63) is 0 Å². The van der Waals surface area contributed by atoms with E-state index < -0.39 is 0 Å². The number of hydrogen-bond acceptors (Lipinski definition) is 2. The van der Waals surface area contributed by atoms with E-state index in [9.17, 15) is 4.79 Å². The number of unbranched alkanes of at least 4 members (excludes halogenated alkanes) is 2. The molecular formula is C30H54O2. The highest BCUT2D eigenvalue weighted by Gasteiger charge is 2.44. The molecule has 2 heteroatoms. The van der Waals surface area contributed by atoms with Gasteiger partial charge in [0.05, 0.1) is 12.0 Å². The molecule has 3 fully saturated rings. The molecule has 0 spiro atoms. The second-order valence-corrected chi connectivity index (χ2v) is 12.2. The van der Waals surface area contributed by atoms with Crippen molar-refractivity contribution in [1.82, 2.24) is 0 Å². The van der Waals surface area contributed by atoms with Crippen molar-refractivity contribution in [2.45, 2.75) is 143 Å². The lowest BCUT2D eigenvalue weighted by atomic mass is 9.62. The molecule has 3 saturated carbocycles. The average Bonchev–Trinajstić information content (AvgIpc) is 2.82. The third-order valence-corrected chi connectivity index (χ3v) is 9.82. The average molecular weight is 447 g/mol. The molecule has 0 radical (unpaired) electrons. The number of carbonyl (C=O) groups is 1. The minimum absolute atomic E-state index is 0.162. The van der Waals surface area contributed by atoms with Crippen molar-refractivity contribution in [1.29, 1.82) is 0 Å². The van der Waals surface area contributed by atoms with Crippen LogP contribution in [0.15, 0.2) is 0 Å². The Kier molecular flexibility index (Phi) is 10.9. The van der Waals surface area contributed by atoms with Crippen LogP contribution in [0.4, 0.5) is 0 Å². The normalized spacial score (nSPS) is 36.0. The maximum Gasteiger partial charge on any atom is 0.312 e. The molecule has 3 aliphatic rings. The van der Waals surface area contributed by atoms with Crippen LogP contribution in [-0.2, 0) is 9.53 Å². The molecule has 0 atom stereocenters. The monoisotopic (exact) mass is 446 g/mol. The van der Waals surface area contributed by atoms with Crippen molar-refractivity contribution >= 4 is 5.97 Å². The van der Waals surface area contributed by atoms with E-state index in [1.54, 1.807) is 0 Å². The number of esters is 1. The molecule has 186 valence electrons. The van der Waals surface area contributed by atoms with Crippen LogP contribution < -0.4 is 0 Å². The minimum atomic E-state index is -0.162. The fourth-order valence-electron chi connectivity index (χ4n) is 7.35. The fourth-order valence-corrected chi connectivity index (χ4v) is 7.35. The highest BCUT2D eigenvalue weighted by molar-refractivity contribution is 5.77. The maximum atomic E-state index is 13.4. The van der Waals surface area contributed by atoms with E-state index >= 15 is 0 Å². The summed E-state index contributed by atoms with van der Waals surface area (Å²) in [5, 5.41) is 0. The highest BCUT2D eigenvalue weighted by atomic mass is 16.5. The van der Waals surface area contributed by atoms with E-state index in [1.807, 2.05) is 0 Å². The first-order valence-corrected chi connectivity index (χ1v) is 14.7. The zero-order valence-corrected chi connectivity index (χ0v) is 21.8. The molecule has 0 aliphatic heterocycles. The van der Waals surface area contributed by atoms with Crippen molar-refractivity contribution in [2.24, 2.45) is 35.0 Å². The Labute approximate surface area is 200 Å². The lowest BCUT2D eigenvalue weighted by Crippen LogP contribution is -2.39. The molecule has 0 aromatic rings. The summed E-state index contributed by atoms with van der Waals surface area (Å²) < 4.78 is 5.93. The van der Waals surface area contributed by atoms with E-state index in [0.717, 1.165) is 55.3 Å². The molecule has 32 heavy (non-hydrogen) atoms. The lowest BCUT2D eigenvalue weighted by molar-refractivity contribution is -0.160. The summed E-state index contributed by atoms with van der Waals surface area (Å²) in [5.74, 6) is 4.72. The van der Waals surface area contributed by atoms with Gasteiger partial charge in [0.15, 0.2) is 0 Å². The zero-order chi connectivity index (χ0) is 22.8. The topological polar surface area (TPSA) is 26.3 Å². The third-order valence-electron chi connectivity index (χ3n) is 9.82. The number of carbonyl (C=O) groups excluding carboxylic acids is 1. The molecule has 0 unspecified atom stereocenters. The van der Waals surface area contributed by atoms with Crippen LogP contribution in [0.25, 0.3) is 0 Å². The second kappa shape index (κ2) is 13.4. The largest absolute Gasteiger partial charge is 0.465 e. The minimum Gasteiger partial charge on any atom is -0.465 e. The molecule has 0 bridgehead atoms. The molecule has 0 heterocycles.